The minimum atomic E-state index is 0.0488. The Labute approximate surface area is 141 Å². The Hall–Kier alpha value is -3.01. The van der Waals surface area contributed by atoms with E-state index in [-0.39, 0.29) is 5.91 Å². The summed E-state index contributed by atoms with van der Waals surface area (Å²) in [6, 6.07) is 19.7. The molecule has 2 aromatic heterocycles. The molecule has 120 valence electrons. The van der Waals surface area contributed by atoms with Gasteiger partial charge in [0.15, 0.2) is 0 Å². The van der Waals surface area contributed by atoms with E-state index in [2.05, 4.69) is 15.3 Å². The van der Waals surface area contributed by atoms with E-state index in [4.69, 9.17) is 0 Å². The molecule has 1 N–H and O–H groups in total. The molecule has 1 amide bonds. The third-order valence-electron chi connectivity index (χ3n) is 3.73. The molecule has 1 aromatic carbocycles. The Balaban J connectivity index is 1.49. The maximum Gasteiger partial charge on any atom is 0.220 e. The molecule has 0 unspecified atom stereocenters. The largest absolute Gasteiger partial charge is 0.352 e. The molecule has 4 nitrogen and oxygen atoms in total. The second kappa shape index (κ2) is 8.02. The first-order chi connectivity index (χ1) is 11.8. The van der Waals surface area contributed by atoms with Crippen LogP contribution in [0.3, 0.4) is 0 Å². The van der Waals surface area contributed by atoms with E-state index >= 15 is 0 Å². The number of nitrogens with one attached hydrogen (secondary N) is 1. The average molecular weight is 317 g/mol. The standard InChI is InChI=1S/C20H19N3O/c24-20(12-10-16-6-2-1-3-7-16)23-15-17-9-11-19(22-14-17)18-8-4-5-13-21-18/h1-9,11,13-14H,10,12,15H2,(H,23,24). The highest BCUT2D eigenvalue weighted by molar-refractivity contribution is 5.76. The second-order valence-electron chi connectivity index (χ2n) is 5.53. The molecule has 0 spiro atoms. The molecular weight excluding hydrogens is 298 g/mol. The van der Waals surface area contributed by atoms with Gasteiger partial charge in [0.25, 0.3) is 0 Å². The molecular formula is C20H19N3O. The predicted molar refractivity (Wildman–Crippen MR) is 94.1 cm³/mol. The van der Waals surface area contributed by atoms with Crippen molar-refractivity contribution in [2.75, 3.05) is 0 Å². The molecule has 0 fully saturated rings. The van der Waals surface area contributed by atoms with Gasteiger partial charge in [-0.25, -0.2) is 0 Å². The van der Waals surface area contributed by atoms with Crippen LogP contribution in [0.1, 0.15) is 17.5 Å². The van der Waals surface area contributed by atoms with Gasteiger partial charge in [0.05, 0.1) is 11.4 Å². The van der Waals surface area contributed by atoms with E-state index < -0.39 is 0 Å². The topological polar surface area (TPSA) is 54.9 Å². The summed E-state index contributed by atoms with van der Waals surface area (Å²) in [7, 11) is 0. The van der Waals surface area contributed by atoms with Crippen molar-refractivity contribution in [3.63, 3.8) is 0 Å². The highest BCUT2D eigenvalue weighted by Gasteiger charge is 2.04. The zero-order valence-corrected chi connectivity index (χ0v) is 13.4. The van der Waals surface area contributed by atoms with Crippen molar-refractivity contribution in [1.82, 2.24) is 15.3 Å². The summed E-state index contributed by atoms with van der Waals surface area (Å²) >= 11 is 0. The molecule has 0 aliphatic rings. The summed E-state index contributed by atoms with van der Waals surface area (Å²) in [5, 5.41) is 2.93. The summed E-state index contributed by atoms with van der Waals surface area (Å²) in [5.41, 5.74) is 3.82. The first-order valence-electron chi connectivity index (χ1n) is 7.98. The quantitative estimate of drug-likeness (QED) is 0.758. The van der Waals surface area contributed by atoms with Gasteiger partial charge in [-0.15, -0.1) is 0 Å². The number of benzene rings is 1. The zero-order valence-electron chi connectivity index (χ0n) is 13.4. The number of hydrogen-bond donors (Lipinski definition) is 1. The average Bonchev–Trinajstić information content (AvgIpc) is 2.67. The van der Waals surface area contributed by atoms with Crippen LogP contribution in [-0.2, 0) is 17.8 Å². The third kappa shape index (κ3) is 4.49. The Morgan fingerprint density at radius 3 is 2.33 bits per heavy atom. The summed E-state index contributed by atoms with van der Waals surface area (Å²) in [4.78, 5) is 20.6. The summed E-state index contributed by atoms with van der Waals surface area (Å²) in [6.07, 6.45) is 4.77. The molecule has 0 atom stereocenters. The lowest BCUT2D eigenvalue weighted by Crippen LogP contribution is -2.23. The number of carbonyl (C=O) groups is 1. The minimum Gasteiger partial charge on any atom is -0.352 e. The van der Waals surface area contributed by atoms with Crippen molar-refractivity contribution in [2.45, 2.75) is 19.4 Å². The Morgan fingerprint density at radius 2 is 1.62 bits per heavy atom. The molecule has 0 radical (unpaired) electrons. The van der Waals surface area contributed by atoms with Crippen molar-refractivity contribution in [3.8, 4) is 11.4 Å². The first-order valence-corrected chi connectivity index (χ1v) is 7.98. The molecule has 2 heterocycles. The Bertz CT molecular complexity index is 771. The van der Waals surface area contributed by atoms with E-state index in [1.165, 1.54) is 5.56 Å². The van der Waals surface area contributed by atoms with E-state index in [1.54, 1.807) is 12.4 Å². The number of aryl methyl sites for hydroxylation is 1. The molecule has 4 heteroatoms. The van der Waals surface area contributed by atoms with Crippen LogP contribution in [0.4, 0.5) is 0 Å². The maximum absolute atomic E-state index is 11.9. The fourth-order valence-corrected chi connectivity index (χ4v) is 2.39. The van der Waals surface area contributed by atoms with Crippen molar-refractivity contribution >= 4 is 5.91 Å². The van der Waals surface area contributed by atoms with Gasteiger partial charge in [0, 0.05) is 25.4 Å². The minimum absolute atomic E-state index is 0.0488. The number of aromatic nitrogens is 2. The monoisotopic (exact) mass is 317 g/mol. The van der Waals surface area contributed by atoms with Gasteiger partial charge < -0.3 is 5.32 Å². The van der Waals surface area contributed by atoms with Gasteiger partial charge in [-0.2, -0.15) is 0 Å². The van der Waals surface area contributed by atoms with Crippen LogP contribution in [0.25, 0.3) is 11.4 Å². The molecule has 3 rings (SSSR count). The van der Waals surface area contributed by atoms with Gasteiger partial charge >= 0.3 is 0 Å². The zero-order chi connectivity index (χ0) is 16.6. The third-order valence-corrected chi connectivity index (χ3v) is 3.73. The van der Waals surface area contributed by atoms with Crippen LogP contribution in [0.5, 0.6) is 0 Å². The molecule has 3 aromatic rings. The van der Waals surface area contributed by atoms with E-state index in [9.17, 15) is 4.79 Å². The normalized spacial score (nSPS) is 10.3. The Kier molecular flexibility index (Phi) is 5.30. The number of rotatable bonds is 6. The number of amides is 1. The van der Waals surface area contributed by atoms with Gasteiger partial charge in [0.2, 0.25) is 5.91 Å². The van der Waals surface area contributed by atoms with Crippen LogP contribution in [0.15, 0.2) is 73.1 Å². The lowest BCUT2D eigenvalue weighted by molar-refractivity contribution is -0.121. The first kappa shape index (κ1) is 15.9. The molecule has 0 aliphatic carbocycles. The highest BCUT2D eigenvalue weighted by atomic mass is 16.1. The van der Waals surface area contributed by atoms with Crippen molar-refractivity contribution in [1.29, 1.82) is 0 Å². The molecule has 0 aliphatic heterocycles. The maximum atomic E-state index is 11.9. The van der Waals surface area contributed by atoms with E-state index in [0.717, 1.165) is 23.4 Å². The fraction of sp³-hybridized carbons (Fsp3) is 0.150. The van der Waals surface area contributed by atoms with Crippen molar-refractivity contribution < 1.29 is 4.79 Å². The predicted octanol–water partition coefficient (Wildman–Crippen LogP) is 3.39. The van der Waals surface area contributed by atoms with Gasteiger partial charge in [-0.3, -0.25) is 14.8 Å². The van der Waals surface area contributed by atoms with Crippen LogP contribution >= 0.6 is 0 Å². The number of carbonyl (C=O) groups excluding carboxylic acids is 1. The summed E-state index contributed by atoms with van der Waals surface area (Å²) in [5.74, 6) is 0.0488. The van der Waals surface area contributed by atoms with Crippen LogP contribution in [-0.4, -0.2) is 15.9 Å². The molecule has 0 saturated heterocycles. The number of hydrogen-bond acceptors (Lipinski definition) is 3. The number of nitrogens with zero attached hydrogens (tertiary/aromatic N) is 2. The fourth-order valence-electron chi connectivity index (χ4n) is 2.39. The van der Waals surface area contributed by atoms with E-state index in [0.29, 0.717) is 13.0 Å². The highest BCUT2D eigenvalue weighted by Crippen LogP contribution is 2.13. The van der Waals surface area contributed by atoms with Gasteiger partial charge in [0.1, 0.15) is 0 Å². The van der Waals surface area contributed by atoms with Crippen molar-refractivity contribution in [2.24, 2.45) is 0 Å². The lowest BCUT2D eigenvalue weighted by Gasteiger charge is -2.06. The smallest absolute Gasteiger partial charge is 0.220 e. The molecule has 0 bridgehead atoms. The lowest BCUT2D eigenvalue weighted by atomic mass is 10.1. The van der Waals surface area contributed by atoms with Crippen LogP contribution in [0, 0.1) is 0 Å². The Morgan fingerprint density at radius 1 is 0.833 bits per heavy atom. The van der Waals surface area contributed by atoms with Crippen LogP contribution < -0.4 is 5.32 Å². The van der Waals surface area contributed by atoms with Crippen molar-refractivity contribution in [3.05, 3.63) is 84.2 Å². The number of pyridine rings is 2. The second-order valence-corrected chi connectivity index (χ2v) is 5.53. The van der Waals surface area contributed by atoms with Gasteiger partial charge in [-0.05, 0) is 35.7 Å². The molecule has 0 saturated carbocycles. The summed E-state index contributed by atoms with van der Waals surface area (Å²) in [6.45, 7) is 0.489. The van der Waals surface area contributed by atoms with Gasteiger partial charge in [-0.1, -0.05) is 42.5 Å². The van der Waals surface area contributed by atoms with E-state index in [1.807, 2.05) is 60.7 Å². The SMILES string of the molecule is O=C(CCc1ccccc1)NCc1ccc(-c2ccccn2)nc1. The molecule has 24 heavy (non-hydrogen) atoms. The summed E-state index contributed by atoms with van der Waals surface area (Å²) < 4.78 is 0. The van der Waals surface area contributed by atoms with Crippen LogP contribution in [0.2, 0.25) is 0 Å².